The van der Waals surface area contributed by atoms with Crippen molar-refractivity contribution < 1.29 is 0 Å². The lowest BCUT2D eigenvalue weighted by molar-refractivity contribution is 0.475. The number of aromatic nitrogens is 2. The van der Waals surface area contributed by atoms with Crippen molar-refractivity contribution in [1.82, 2.24) is 14.9 Å². The highest BCUT2D eigenvalue weighted by Gasteiger charge is 2.12. The molecule has 0 fully saturated rings. The summed E-state index contributed by atoms with van der Waals surface area (Å²) in [5.74, 6) is 0. The fourth-order valence-electron chi connectivity index (χ4n) is 1.77. The van der Waals surface area contributed by atoms with E-state index in [1.807, 2.05) is 6.20 Å². The normalized spacial score (nSPS) is 12.9. The molecule has 1 N–H and O–H groups in total. The standard InChI is InChI=1S/C12H23N3S/c1-3-5-6-7-8-11(13-9-4-2)12-10-14-15-16-12/h10-11,13H,3-9H2,1-2H3. The summed E-state index contributed by atoms with van der Waals surface area (Å²) in [5.41, 5.74) is 0. The highest BCUT2D eigenvalue weighted by Crippen LogP contribution is 2.21. The predicted octanol–water partition coefficient (Wildman–Crippen LogP) is 3.55. The van der Waals surface area contributed by atoms with Crippen molar-refractivity contribution in [1.29, 1.82) is 0 Å². The fraction of sp³-hybridized carbons (Fsp3) is 0.833. The summed E-state index contributed by atoms with van der Waals surface area (Å²) in [5, 5.41) is 7.50. The van der Waals surface area contributed by atoms with E-state index in [4.69, 9.17) is 0 Å². The second-order valence-electron chi connectivity index (χ2n) is 4.18. The largest absolute Gasteiger partial charge is 0.309 e. The van der Waals surface area contributed by atoms with Crippen LogP contribution in [0.2, 0.25) is 0 Å². The van der Waals surface area contributed by atoms with Gasteiger partial charge in [0.15, 0.2) is 0 Å². The first-order valence-corrected chi connectivity index (χ1v) is 7.16. The predicted molar refractivity (Wildman–Crippen MR) is 69.7 cm³/mol. The van der Waals surface area contributed by atoms with Crippen LogP contribution < -0.4 is 5.32 Å². The number of hydrogen-bond acceptors (Lipinski definition) is 4. The molecule has 1 rings (SSSR count). The Balaban J connectivity index is 2.32. The number of unbranched alkanes of at least 4 members (excludes halogenated alkanes) is 3. The first-order valence-electron chi connectivity index (χ1n) is 6.39. The van der Waals surface area contributed by atoms with Crippen LogP contribution in [-0.2, 0) is 0 Å². The first kappa shape index (κ1) is 13.6. The molecular formula is C12H23N3S. The Labute approximate surface area is 103 Å². The van der Waals surface area contributed by atoms with E-state index in [9.17, 15) is 0 Å². The van der Waals surface area contributed by atoms with Crippen molar-refractivity contribution in [2.75, 3.05) is 6.54 Å². The molecule has 0 aromatic carbocycles. The summed E-state index contributed by atoms with van der Waals surface area (Å²) in [6.45, 7) is 5.53. The van der Waals surface area contributed by atoms with Crippen molar-refractivity contribution in [3.05, 3.63) is 11.1 Å². The summed E-state index contributed by atoms with van der Waals surface area (Å²) in [4.78, 5) is 1.28. The Hall–Kier alpha value is -0.480. The fourth-order valence-corrected chi connectivity index (χ4v) is 2.38. The number of nitrogens with one attached hydrogen (secondary N) is 1. The molecule has 0 saturated carbocycles. The van der Waals surface area contributed by atoms with Crippen LogP contribution in [0.3, 0.4) is 0 Å². The van der Waals surface area contributed by atoms with Gasteiger partial charge in [-0.25, -0.2) is 0 Å². The summed E-state index contributed by atoms with van der Waals surface area (Å²) in [6.07, 6.45) is 9.58. The zero-order valence-corrected chi connectivity index (χ0v) is 11.2. The van der Waals surface area contributed by atoms with Gasteiger partial charge in [0, 0.05) is 6.04 Å². The Morgan fingerprint density at radius 2 is 2.12 bits per heavy atom. The van der Waals surface area contributed by atoms with Crippen LogP contribution in [0.25, 0.3) is 0 Å². The molecule has 1 unspecified atom stereocenters. The van der Waals surface area contributed by atoms with E-state index in [1.54, 1.807) is 0 Å². The van der Waals surface area contributed by atoms with Crippen molar-refractivity contribution in [3.8, 4) is 0 Å². The number of hydrogen-bond donors (Lipinski definition) is 1. The molecule has 0 radical (unpaired) electrons. The van der Waals surface area contributed by atoms with Gasteiger partial charge < -0.3 is 5.32 Å². The maximum absolute atomic E-state index is 3.95. The molecular weight excluding hydrogens is 218 g/mol. The molecule has 0 bridgehead atoms. The summed E-state index contributed by atoms with van der Waals surface area (Å²) < 4.78 is 3.95. The molecule has 3 nitrogen and oxygen atoms in total. The highest BCUT2D eigenvalue weighted by molar-refractivity contribution is 7.05. The molecule has 0 amide bonds. The molecule has 16 heavy (non-hydrogen) atoms. The zero-order chi connectivity index (χ0) is 11.6. The second-order valence-corrected chi connectivity index (χ2v) is 4.99. The van der Waals surface area contributed by atoms with Gasteiger partial charge in [0.2, 0.25) is 0 Å². The average Bonchev–Trinajstić information content (AvgIpc) is 2.82. The van der Waals surface area contributed by atoms with E-state index in [2.05, 4.69) is 28.8 Å². The van der Waals surface area contributed by atoms with Gasteiger partial charge in [-0.3, -0.25) is 0 Å². The van der Waals surface area contributed by atoms with E-state index in [1.165, 1.54) is 54.9 Å². The van der Waals surface area contributed by atoms with Gasteiger partial charge in [-0.05, 0) is 30.9 Å². The van der Waals surface area contributed by atoms with Crippen LogP contribution in [0.5, 0.6) is 0 Å². The van der Waals surface area contributed by atoms with Crippen molar-refractivity contribution >= 4 is 11.5 Å². The van der Waals surface area contributed by atoms with Gasteiger partial charge in [-0.2, -0.15) is 0 Å². The minimum atomic E-state index is 0.469. The van der Waals surface area contributed by atoms with Gasteiger partial charge in [0.25, 0.3) is 0 Å². The van der Waals surface area contributed by atoms with Gasteiger partial charge in [-0.15, -0.1) is 5.10 Å². The molecule has 1 heterocycles. The minimum Gasteiger partial charge on any atom is -0.309 e. The molecule has 1 atom stereocenters. The molecule has 92 valence electrons. The quantitative estimate of drug-likeness (QED) is 0.672. The molecule has 0 aliphatic heterocycles. The van der Waals surface area contributed by atoms with Crippen molar-refractivity contribution in [3.63, 3.8) is 0 Å². The average molecular weight is 241 g/mol. The monoisotopic (exact) mass is 241 g/mol. The topological polar surface area (TPSA) is 37.8 Å². The van der Waals surface area contributed by atoms with Crippen LogP contribution in [0.4, 0.5) is 0 Å². The van der Waals surface area contributed by atoms with Gasteiger partial charge in [0.1, 0.15) is 0 Å². The summed E-state index contributed by atoms with van der Waals surface area (Å²) >= 11 is 1.52. The maximum atomic E-state index is 3.95. The summed E-state index contributed by atoms with van der Waals surface area (Å²) in [7, 11) is 0. The Morgan fingerprint density at radius 1 is 1.25 bits per heavy atom. The lowest BCUT2D eigenvalue weighted by atomic mass is 10.1. The van der Waals surface area contributed by atoms with E-state index in [0.29, 0.717) is 6.04 Å². The Bertz CT molecular complexity index is 249. The first-order chi connectivity index (χ1) is 7.88. The van der Waals surface area contributed by atoms with E-state index < -0.39 is 0 Å². The summed E-state index contributed by atoms with van der Waals surface area (Å²) in [6, 6.07) is 0.469. The minimum absolute atomic E-state index is 0.469. The van der Waals surface area contributed by atoms with E-state index in [-0.39, 0.29) is 0 Å². The third kappa shape index (κ3) is 5.03. The molecule has 0 aliphatic rings. The van der Waals surface area contributed by atoms with Gasteiger partial charge >= 0.3 is 0 Å². The zero-order valence-electron chi connectivity index (χ0n) is 10.4. The lowest BCUT2D eigenvalue weighted by Gasteiger charge is -2.15. The molecule has 0 aliphatic carbocycles. The Kier molecular flexibility index (Phi) is 7.34. The van der Waals surface area contributed by atoms with Gasteiger partial charge in [0.05, 0.1) is 11.1 Å². The van der Waals surface area contributed by atoms with Crippen molar-refractivity contribution in [2.24, 2.45) is 0 Å². The third-order valence-electron chi connectivity index (χ3n) is 2.71. The lowest BCUT2D eigenvalue weighted by Crippen LogP contribution is -2.21. The molecule has 4 heteroatoms. The number of rotatable bonds is 9. The highest BCUT2D eigenvalue weighted by atomic mass is 32.1. The van der Waals surface area contributed by atoms with E-state index >= 15 is 0 Å². The van der Waals surface area contributed by atoms with Crippen LogP contribution in [0.1, 0.15) is 63.3 Å². The van der Waals surface area contributed by atoms with E-state index in [0.717, 1.165) is 6.54 Å². The SMILES string of the molecule is CCCCCCC(NCCC)c1cnns1. The maximum Gasteiger partial charge on any atom is 0.0669 e. The Morgan fingerprint density at radius 3 is 2.75 bits per heavy atom. The molecule has 0 spiro atoms. The van der Waals surface area contributed by atoms with Crippen molar-refractivity contribution in [2.45, 2.75) is 58.4 Å². The van der Waals surface area contributed by atoms with Crippen LogP contribution in [0.15, 0.2) is 6.20 Å². The third-order valence-corrected chi connectivity index (χ3v) is 3.49. The van der Waals surface area contributed by atoms with Crippen LogP contribution in [0, 0.1) is 0 Å². The molecule has 0 saturated heterocycles. The second kappa shape index (κ2) is 8.65. The van der Waals surface area contributed by atoms with Crippen LogP contribution >= 0.6 is 11.5 Å². The molecule has 1 aromatic rings. The van der Waals surface area contributed by atoms with Gasteiger partial charge in [-0.1, -0.05) is 44.0 Å². The smallest absolute Gasteiger partial charge is 0.0669 e. The molecule has 1 aromatic heterocycles. The number of nitrogens with zero attached hydrogens (tertiary/aromatic N) is 2. The van der Waals surface area contributed by atoms with Crippen LogP contribution in [-0.4, -0.2) is 16.1 Å².